The third-order valence-electron chi connectivity index (χ3n) is 3.96. The first-order chi connectivity index (χ1) is 15.2. The van der Waals surface area contributed by atoms with Gasteiger partial charge in [0, 0.05) is 29.7 Å². The number of hydrogen-bond donors (Lipinski definition) is 4. The van der Waals surface area contributed by atoms with Gasteiger partial charge < -0.3 is 26.0 Å². The monoisotopic (exact) mass is 446 g/mol. The van der Waals surface area contributed by atoms with Crippen LogP contribution in [0.3, 0.4) is 0 Å². The maximum atomic E-state index is 12.2. The van der Waals surface area contributed by atoms with E-state index in [1.807, 2.05) is 6.92 Å². The quantitative estimate of drug-likeness (QED) is 0.382. The molecule has 0 aliphatic carbocycles. The topological polar surface area (TPSA) is 100 Å². The first kappa shape index (κ1) is 22.7. The van der Waals surface area contributed by atoms with E-state index in [1.54, 1.807) is 37.3 Å². The van der Waals surface area contributed by atoms with Crippen molar-refractivity contribution in [1.82, 2.24) is 9.97 Å². The highest BCUT2D eigenvalue weighted by Crippen LogP contribution is 2.24. The van der Waals surface area contributed by atoms with Gasteiger partial charge in [0.25, 0.3) is 0 Å². The van der Waals surface area contributed by atoms with E-state index < -0.39 is 12.4 Å². The summed E-state index contributed by atoms with van der Waals surface area (Å²) in [5.41, 5.74) is 1.60. The molecule has 0 unspecified atom stereocenters. The number of anilines is 5. The van der Waals surface area contributed by atoms with E-state index in [2.05, 4.69) is 36.0 Å². The van der Waals surface area contributed by atoms with Gasteiger partial charge in [-0.2, -0.15) is 0 Å². The molecule has 2 amide bonds. The summed E-state index contributed by atoms with van der Waals surface area (Å²) in [5.74, 6) is 1.60. The maximum Gasteiger partial charge on any atom is 0.573 e. The summed E-state index contributed by atoms with van der Waals surface area (Å²) >= 11 is 0. The molecule has 2 aromatic carbocycles. The highest BCUT2D eigenvalue weighted by Gasteiger charge is 2.30. The third kappa shape index (κ3) is 7.04. The molecule has 0 saturated heterocycles. The molecule has 0 saturated carbocycles. The number of ether oxygens (including phenoxy) is 1. The van der Waals surface area contributed by atoms with Crippen LogP contribution in [0.1, 0.15) is 12.7 Å². The van der Waals surface area contributed by atoms with E-state index in [4.69, 9.17) is 0 Å². The number of alkyl halides is 3. The largest absolute Gasteiger partial charge is 0.573 e. The second-order valence-corrected chi connectivity index (χ2v) is 6.57. The summed E-state index contributed by atoms with van der Waals surface area (Å²) in [6, 6.07) is 13.0. The molecule has 1 heterocycles. The van der Waals surface area contributed by atoms with Crippen molar-refractivity contribution in [2.75, 3.05) is 27.8 Å². The number of nitrogens with zero attached hydrogens (tertiary/aromatic N) is 2. The molecule has 0 atom stereocenters. The number of rotatable bonds is 7. The maximum absolute atomic E-state index is 12.2. The smallest absolute Gasteiger partial charge is 0.406 e. The van der Waals surface area contributed by atoms with Gasteiger partial charge in [-0.1, -0.05) is 0 Å². The van der Waals surface area contributed by atoms with Crippen LogP contribution >= 0.6 is 0 Å². The number of aryl methyl sites for hydroxylation is 1. The number of nitrogens with one attached hydrogen (secondary N) is 4. The first-order valence-corrected chi connectivity index (χ1v) is 9.60. The van der Waals surface area contributed by atoms with Crippen LogP contribution in [0.15, 0.2) is 54.6 Å². The summed E-state index contributed by atoms with van der Waals surface area (Å²) in [6.07, 6.45) is -4.77. The fourth-order valence-corrected chi connectivity index (χ4v) is 2.72. The normalized spacial score (nSPS) is 10.9. The lowest BCUT2D eigenvalue weighted by molar-refractivity contribution is -0.274. The van der Waals surface area contributed by atoms with Crippen LogP contribution in [0.25, 0.3) is 0 Å². The summed E-state index contributed by atoms with van der Waals surface area (Å²) in [7, 11) is 0. The molecule has 8 nitrogen and oxygen atoms in total. The second kappa shape index (κ2) is 9.86. The van der Waals surface area contributed by atoms with Crippen molar-refractivity contribution in [2.45, 2.75) is 20.2 Å². The Kier molecular flexibility index (Phi) is 6.98. The molecule has 0 aliphatic heterocycles. The summed E-state index contributed by atoms with van der Waals surface area (Å²) in [5, 5.41) is 11.5. The molecule has 3 rings (SSSR count). The Labute approximate surface area is 182 Å². The van der Waals surface area contributed by atoms with Gasteiger partial charge in [0.05, 0.1) is 0 Å². The van der Waals surface area contributed by atoms with Crippen LogP contribution < -0.4 is 26.0 Å². The van der Waals surface area contributed by atoms with E-state index in [1.165, 1.54) is 12.1 Å². The molecule has 3 aromatic rings. The molecule has 0 fully saturated rings. The minimum atomic E-state index is -4.77. The van der Waals surface area contributed by atoms with E-state index in [0.717, 1.165) is 30.2 Å². The lowest BCUT2D eigenvalue weighted by Gasteiger charge is -2.11. The Balaban J connectivity index is 1.56. The van der Waals surface area contributed by atoms with Crippen LogP contribution in [-0.2, 0) is 0 Å². The van der Waals surface area contributed by atoms with E-state index in [-0.39, 0.29) is 5.75 Å². The van der Waals surface area contributed by atoms with Gasteiger partial charge in [0.1, 0.15) is 23.2 Å². The predicted octanol–water partition coefficient (Wildman–Crippen LogP) is 5.50. The number of carbonyl (C=O) groups excluding carboxylic acids is 1. The Morgan fingerprint density at radius 1 is 0.906 bits per heavy atom. The van der Waals surface area contributed by atoms with Crippen molar-refractivity contribution in [3.63, 3.8) is 0 Å². The molecule has 0 spiro atoms. The van der Waals surface area contributed by atoms with Crippen molar-refractivity contribution in [2.24, 2.45) is 0 Å². The Bertz CT molecular complexity index is 1060. The van der Waals surface area contributed by atoms with Gasteiger partial charge in [-0.3, -0.25) is 0 Å². The Morgan fingerprint density at radius 3 is 2.00 bits per heavy atom. The zero-order chi connectivity index (χ0) is 23.1. The van der Waals surface area contributed by atoms with E-state index in [9.17, 15) is 18.0 Å². The van der Waals surface area contributed by atoms with Gasteiger partial charge in [0.15, 0.2) is 0 Å². The van der Waals surface area contributed by atoms with E-state index in [0.29, 0.717) is 23.0 Å². The number of amides is 2. The summed E-state index contributed by atoms with van der Waals surface area (Å²) in [4.78, 5) is 20.8. The third-order valence-corrected chi connectivity index (χ3v) is 3.96. The highest BCUT2D eigenvalue weighted by atomic mass is 19.4. The fraction of sp³-hybridized carbons (Fsp3) is 0.190. The van der Waals surface area contributed by atoms with Gasteiger partial charge in [-0.25, -0.2) is 14.8 Å². The van der Waals surface area contributed by atoms with Crippen LogP contribution in [-0.4, -0.2) is 28.9 Å². The van der Waals surface area contributed by atoms with Crippen molar-refractivity contribution in [3.8, 4) is 5.75 Å². The van der Waals surface area contributed by atoms with Crippen LogP contribution in [0.2, 0.25) is 0 Å². The fourth-order valence-electron chi connectivity index (χ4n) is 2.72. The number of urea groups is 1. The zero-order valence-electron chi connectivity index (χ0n) is 17.2. The predicted molar refractivity (Wildman–Crippen MR) is 116 cm³/mol. The van der Waals surface area contributed by atoms with E-state index >= 15 is 0 Å². The molecule has 11 heteroatoms. The van der Waals surface area contributed by atoms with Gasteiger partial charge in [0.2, 0.25) is 0 Å². The lowest BCUT2D eigenvalue weighted by atomic mass is 10.2. The Morgan fingerprint density at radius 2 is 1.44 bits per heavy atom. The molecule has 1 aromatic heterocycles. The summed E-state index contributed by atoms with van der Waals surface area (Å²) in [6.45, 7) is 4.52. The number of hydrogen-bond acceptors (Lipinski definition) is 6. The second-order valence-electron chi connectivity index (χ2n) is 6.57. The molecule has 0 aliphatic rings. The SMILES string of the molecule is CCNc1cc(Nc2ccc(NC(=O)Nc3ccc(OC(F)(F)F)cc3)cc2)nc(C)n1. The average Bonchev–Trinajstić information content (AvgIpc) is 2.70. The molecule has 0 bridgehead atoms. The molecular weight excluding hydrogens is 425 g/mol. The van der Waals surface area contributed by atoms with Crippen molar-refractivity contribution >= 4 is 34.7 Å². The minimum Gasteiger partial charge on any atom is -0.406 e. The number of halogens is 3. The lowest BCUT2D eigenvalue weighted by Crippen LogP contribution is -2.19. The summed E-state index contributed by atoms with van der Waals surface area (Å²) < 4.78 is 40.4. The molecule has 168 valence electrons. The minimum absolute atomic E-state index is 0.311. The van der Waals surface area contributed by atoms with Gasteiger partial charge in [-0.15, -0.1) is 13.2 Å². The molecule has 32 heavy (non-hydrogen) atoms. The average molecular weight is 446 g/mol. The van der Waals surface area contributed by atoms with Gasteiger partial charge >= 0.3 is 12.4 Å². The molecular formula is C21H21F3N6O2. The number of carbonyl (C=O) groups is 1. The molecule has 0 radical (unpaired) electrons. The van der Waals surface area contributed by atoms with Crippen LogP contribution in [0, 0.1) is 6.92 Å². The van der Waals surface area contributed by atoms with Crippen molar-refractivity contribution in [1.29, 1.82) is 0 Å². The van der Waals surface area contributed by atoms with Crippen molar-refractivity contribution in [3.05, 3.63) is 60.4 Å². The Hall–Kier alpha value is -4.02. The molecule has 4 N–H and O–H groups in total. The standard InChI is InChI=1S/C21H21F3N6O2/c1-3-25-18-12-19(27-13(2)26-18)28-14-4-6-15(7-5-14)29-20(31)30-16-8-10-17(11-9-16)32-21(22,23)24/h4-12H,3H2,1-2H3,(H2,29,30,31)(H2,25,26,27,28). The first-order valence-electron chi connectivity index (χ1n) is 9.60. The highest BCUT2D eigenvalue weighted by molar-refractivity contribution is 5.99. The van der Waals surface area contributed by atoms with Crippen molar-refractivity contribution < 1.29 is 22.7 Å². The number of benzene rings is 2. The number of aromatic nitrogens is 2. The van der Waals surface area contributed by atoms with Gasteiger partial charge in [-0.05, 0) is 62.4 Å². The zero-order valence-corrected chi connectivity index (χ0v) is 17.2. The van der Waals surface area contributed by atoms with Crippen LogP contribution in [0.5, 0.6) is 5.75 Å². The van der Waals surface area contributed by atoms with Crippen LogP contribution in [0.4, 0.5) is 46.7 Å².